The van der Waals surface area contributed by atoms with Gasteiger partial charge in [0.2, 0.25) is 0 Å². The second-order valence-corrected chi connectivity index (χ2v) is 4.72. The molecule has 0 heterocycles. The molecular weight excluding hydrogens is 298 g/mol. The maximum Gasteiger partial charge on any atom is 0.275 e. The Hall–Kier alpha value is -3.22. The molecule has 2 aromatic carbocycles. The SMILES string of the molecule is CCc1ccc(/C=N\NC(=O)c2ccccc2O)cc1[N+](=O)[O-]. The van der Waals surface area contributed by atoms with E-state index in [-0.39, 0.29) is 17.0 Å². The van der Waals surface area contributed by atoms with Crippen LogP contribution in [0.4, 0.5) is 5.69 Å². The average molecular weight is 313 g/mol. The fraction of sp³-hybridized carbons (Fsp3) is 0.125. The Morgan fingerprint density at radius 2 is 2.09 bits per heavy atom. The second kappa shape index (κ2) is 7.17. The van der Waals surface area contributed by atoms with Crippen molar-refractivity contribution in [1.29, 1.82) is 0 Å². The maximum atomic E-state index is 11.8. The van der Waals surface area contributed by atoms with E-state index in [1.807, 2.05) is 6.92 Å². The summed E-state index contributed by atoms with van der Waals surface area (Å²) < 4.78 is 0. The lowest BCUT2D eigenvalue weighted by Gasteiger charge is -2.03. The fourth-order valence-corrected chi connectivity index (χ4v) is 2.02. The molecule has 0 bridgehead atoms. The van der Waals surface area contributed by atoms with Crippen LogP contribution in [0, 0.1) is 10.1 Å². The Morgan fingerprint density at radius 3 is 2.74 bits per heavy atom. The quantitative estimate of drug-likeness (QED) is 0.503. The molecule has 0 spiro atoms. The largest absolute Gasteiger partial charge is 0.507 e. The number of nitrogens with zero attached hydrogens (tertiary/aromatic N) is 2. The molecule has 0 aromatic heterocycles. The van der Waals surface area contributed by atoms with Gasteiger partial charge in [-0.1, -0.05) is 31.2 Å². The van der Waals surface area contributed by atoms with Crippen LogP contribution in [0.15, 0.2) is 47.6 Å². The molecular formula is C16H15N3O4. The Bertz CT molecular complexity index is 772. The number of benzene rings is 2. The van der Waals surface area contributed by atoms with Gasteiger partial charge in [-0.05, 0) is 18.6 Å². The van der Waals surface area contributed by atoms with Crippen LogP contribution in [0.1, 0.15) is 28.4 Å². The summed E-state index contributed by atoms with van der Waals surface area (Å²) in [5.41, 5.74) is 3.50. The van der Waals surface area contributed by atoms with Crippen molar-refractivity contribution in [2.45, 2.75) is 13.3 Å². The van der Waals surface area contributed by atoms with Crippen molar-refractivity contribution in [2.75, 3.05) is 0 Å². The number of phenols is 1. The Kier molecular flexibility index (Phi) is 5.03. The standard InChI is InChI=1S/C16H15N3O4/c1-2-12-8-7-11(9-14(12)19(22)23)10-17-18-16(21)13-5-3-4-6-15(13)20/h3-10,20H,2H2,1H3,(H,18,21)/b17-10-. The number of nitro groups is 1. The van der Waals surface area contributed by atoms with Crippen LogP contribution in [-0.4, -0.2) is 22.2 Å². The number of hydrogen-bond donors (Lipinski definition) is 2. The summed E-state index contributed by atoms with van der Waals surface area (Å²) in [4.78, 5) is 22.4. The first-order valence-corrected chi connectivity index (χ1v) is 6.91. The van der Waals surface area contributed by atoms with E-state index < -0.39 is 10.8 Å². The minimum atomic E-state index is -0.570. The Balaban J connectivity index is 2.12. The summed E-state index contributed by atoms with van der Waals surface area (Å²) >= 11 is 0. The number of nitro benzene ring substituents is 1. The van der Waals surface area contributed by atoms with E-state index in [1.54, 1.807) is 24.3 Å². The lowest BCUT2D eigenvalue weighted by Crippen LogP contribution is -2.17. The van der Waals surface area contributed by atoms with E-state index in [0.29, 0.717) is 17.5 Å². The number of nitrogens with one attached hydrogen (secondary N) is 1. The predicted octanol–water partition coefficient (Wildman–Crippen LogP) is 2.63. The first-order chi connectivity index (χ1) is 11.0. The van der Waals surface area contributed by atoms with Gasteiger partial charge in [0.1, 0.15) is 5.75 Å². The molecule has 2 aromatic rings. The third-order valence-corrected chi connectivity index (χ3v) is 3.22. The van der Waals surface area contributed by atoms with Crippen molar-refractivity contribution in [3.8, 4) is 5.75 Å². The van der Waals surface area contributed by atoms with Gasteiger partial charge in [0.15, 0.2) is 0 Å². The summed E-state index contributed by atoms with van der Waals surface area (Å²) in [6.45, 7) is 1.84. The highest BCUT2D eigenvalue weighted by Gasteiger charge is 2.12. The van der Waals surface area contributed by atoms with Gasteiger partial charge in [-0.25, -0.2) is 5.43 Å². The molecule has 0 aliphatic rings. The lowest BCUT2D eigenvalue weighted by atomic mass is 10.1. The van der Waals surface area contributed by atoms with Gasteiger partial charge in [0, 0.05) is 17.2 Å². The number of amides is 1. The highest BCUT2D eigenvalue weighted by atomic mass is 16.6. The Labute approximate surface area is 132 Å². The molecule has 23 heavy (non-hydrogen) atoms. The van der Waals surface area contributed by atoms with E-state index in [9.17, 15) is 20.0 Å². The first kappa shape index (κ1) is 16.2. The van der Waals surface area contributed by atoms with Gasteiger partial charge in [0.25, 0.3) is 11.6 Å². The zero-order chi connectivity index (χ0) is 16.8. The molecule has 0 radical (unpaired) electrons. The summed E-state index contributed by atoms with van der Waals surface area (Å²) in [5.74, 6) is -0.720. The average Bonchev–Trinajstić information content (AvgIpc) is 2.55. The van der Waals surface area contributed by atoms with Gasteiger partial charge in [-0.15, -0.1) is 0 Å². The summed E-state index contributed by atoms with van der Waals surface area (Å²) in [6, 6.07) is 10.8. The predicted molar refractivity (Wildman–Crippen MR) is 85.6 cm³/mol. The molecule has 0 unspecified atom stereocenters. The van der Waals surface area contributed by atoms with Crippen LogP contribution in [0.5, 0.6) is 5.75 Å². The number of carbonyl (C=O) groups excluding carboxylic acids is 1. The molecule has 0 fully saturated rings. The molecule has 1 amide bonds. The zero-order valence-electron chi connectivity index (χ0n) is 12.4. The summed E-state index contributed by atoms with van der Waals surface area (Å²) in [6.07, 6.45) is 1.86. The van der Waals surface area contributed by atoms with E-state index in [0.717, 1.165) is 0 Å². The molecule has 0 saturated heterocycles. The highest BCUT2D eigenvalue weighted by molar-refractivity contribution is 5.97. The van der Waals surface area contributed by atoms with Crippen molar-refractivity contribution in [3.63, 3.8) is 0 Å². The Morgan fingerprint density at radius 1 is 1.35 bits per heavy atom. The first-order valence-electron chi connectivity index (χ1n) is 6.91. The minimum Gasteiger partial charge on any atom is -0.507 e. The molecule has 2 rings (SSSR count). The van der Waals surface area contributed by atoms with E-state index in [4.69, 9.17) is 0 Å². The van der Waals surface area contributed by atoms with Gasteiger partial charge in [-0.3, -0.25) is 14.9 Å². The smallest absolute Gasteiger partial charge is 0.275 e. The topological polar surface area (TPSA) is 105 Å². The molecule has 0 aliphatic heterocycles. The monoisotopic (exact) mass is 313 g/mol. The number of rotatable bonds is 5. The third kappa shape index (κ3) is 3.91. The van der Waals surface area contributed by atoms with Gasteiger partial charge < -0.3 is 5.11 Å². The van der Waals surface area contributed by atoms with Crippen molar-refractivity contribution >= 4 is 17.8 Å². The van der Waals surface area contributed by atoms with Gasteiger partial charge in [0.05, 0.1) is 16.7 Å². The van der Waals surface area contributed by atoms with Crippen molar-refractivity contribution in [2.24, 2.45) is 5.10 Å². The second-order valence-electron chi connectivity index (χ2n) is 4.72. The van der Waals surface area contributed by atoms with E-state index >= 15 is 0 Å². The molecule has 7 heteroatoms. The number of hydrazone groups is 1. The van der Waals surface area contributed by atoms with Crippen LogP contribution in [-0.2, 0) is 6.42 Å². The highest BCUT2D eigenvalue weighted by Crippen LogP contribution is 2.20. The van der Waals surface area contributed by atoms with E-state index in [2.05, 4.69) is 10.5 Å². The fourth-order valence-electron chi connectivity index (χ4n) is 2.02. The van der Waals surface area contributed by atoms with Crippen LogP contribution >= 0.6 is 0 Å². The van der Waals surface area contributed by atoms with Crippen molar-refractivity contribution in [1.82, 2.24) is 5.43 Å². The number of hydrogen-bond acceptors (Lipinski definition) is 5. The molecule has 0 atom stereocenters. The molecule has 0 saturated carbocycles. The van der Waals surface area contributed by atoms with Gasteiger partial charge in [-0.2, -0.15) is 5.10 Å². The van der Waals surface area contributed by atoms with Crippen molar-refractivity contribution in [3.05, 3.63) is 69.3 Å². The maximum absolute atomic E-state index is 11.8. The number of phenolic OH excluding ortho intramolecular Hbond substituents is 1. The number of carbonyl (C=O) groups is 1. The molecule has 2 N–H and O–H groups in total. The summed E-state index contributed by atoms with van der Waals surface area (Å²) in [5, 5.41) is 24.3. The van der Waals surface area contributed by atoms with Crippen LogP contribution in [0.25, 0.3) is 0 Å². The van der Waals surface area contributed by atoms with Crippen LogP contribution in [0.2, 0.25) is 0 Å². The summed E-state index contributed by atoms with van der Waals surface area (Å²) in [7, 11) is 0. The molecule has 118 valence electrons. The number of aryl methyl sites for hydroxylation is 1. The van der Waals surface area contributed by atoms with Crippen LogP contribution in [0.3, 0.4) is 0 Å². The van der Waals surface area contributed by atoms with Gasteiger partial charge >= 0.3 is 0 Å². The van der Waals surface area contributed by atoms with Crippen LogP contribution < -0.4 is 5.43 Å². The lowest BCUT2D eigenvalue weighted by molar-refractivity contribution is -0.385. The molecule has 0 aliphatic carbocycles. The third-order valence-electron chi connectivity index (χ3n) is 3.22. The molecule has 7 nitrogen and oxygen atoms in total. The number of aromatic hydroxyl groups is 1. The van der Waals surface area contributed by atoms with Crippen molar-refractivity contribution < 1.29 is 14.8 Å². The van der Waals surface area contributed by atoms with E-state index in [1.165, 1.54) is 24.4 Å². The normalized spacial score (nSPS) is 10.7. The zero-order valence-corrected chi connectivity index (χ0v) is 12.4. The number of para-hydroxylation sites is 1. The minimum absolute atomic E-state index is 0.0171.